The van der Waals surface area contributed by atoms with Gasteiger partial charge in [-0.2, -0.15) is 0 Å². The van der Waals surface area contributed by atoms with Crippen LogP contribution in [-0.2, 0) is 4.74 Å². The first-order chi connectivity index (χ1) is 7.96. The van der Waals surface area contributed by atoms with Crippen LogP contribution in [0, 0.1) is 0 Å². The highest BCUT2D eigenvalue weighted by atomic mass is 16.6. The van der Waals surface area contributed by atoms with Crippen LogP contribution in [0.5, 0.6) is 0 Å². The third-order valence-electron chi connectivity index (χ3n) is 1.80. The Hall–Kier alpha value is -2.18. The summed E-state index contributed by atoms with van der Waals surface area (Å²) in [5, 5.41) is 7.61. The van der Waals surface area contributed by atoms with Crippen molar-refractivity contribution in [3.05, 3.63) is 18.3 Å². The van der Waals surface area contributed by atoms with Crippen LogP contribution < -0.4 is 5.43 Å². The Bertz CT molecular complexity index is 543. The summed E-state index contributed by atoms with van der Waals surface area (Å²) in [6, 6.07) is 3.50. The summed E-state index contributed by atoms with van der Waals surface area (Å²) >= 11 is 0. The van der Waals surface area contributed by atoms with Crippen molar-refractivity contribution in [3.63, 3.8) is 0 Å². The average molecular weight is 235 g/mol. The summed E-state index contributed by atoms with van der Waals surface area (Å²) in [4.78, 5) is 16.8. The van der Waals surface area contributed by atoms with Gasteiger partial charge < -0.3 is 4.74 Å². The van der Waals surface area contributed by atoms with Crippen molar-refractivity contribution in [2.24, 2.45) is 0 Å². The number of carbonyl (C=O) groups excluding carboxylic acids is 1. The van der Waals surface area contributed by atoms with E-state index in [0.29, 0.717) is 11.2 Å². The summed E-state index contributed by atoms with van der Waals surface area (Å²) < 4.78 is 5.09. The minimum Gasteiger partial charge on any atom is -0.443 e. The molecule has 90 valence electrons. The summed E-state index contributed by atoms with van der Waals surface area (Å²) in [6.45, 7) is 5.35. The molecular weight excluding hydrogens is 222 g/mol. The average Bonchev–Trinajstić information content (AvgIpc) is 2.59. The molecule has 1 N–H and O–H groups in total. The van der Waals surface area contributed by atoms with Gasteiger partial charge in [0.2, 0.25) is 5.65 Å². The molecule has 0 saturated heterocycles. The summed E-state index contributed by atoms with van der Waals surface area (Å²) in [5.41, 5.74) is 2.95. The molecule has 2 aromatic heterocycles. The topological polar surface area (TPSA) is 81.9 Å². The van der Waals surface area contributed by atoms with Gasteiger partial charge in [0.05, 0.1) is 0 Å². The maximum Gasteiger partial charge on any atom is 0.428 e. The van der Waals surface area contributed by atoms with Crippen LogP contribution in [0.2, 0.25) is 0 Å². The summed E-state index contributed by atoms with van der Waals surface area (Å²) in [6.07, 6.45) is 0.994. The second-order valence-corrected chi connectivity index (χ2v) is 4.46. The zero-order valence-electron chi connectivity index (χ0n) is 9.84. The van der Waals surface area contributed by atoms with Gasteiger partial charge in [0.1, 0.15) is 11.1 Å². The van der Waals surface area contributed by atoms with Gasteiger partial charge in [-0.05, 0) is 38.1 Å². The largest absolute Gasteiger partial charge is 0.443 e. The molecule has 0 atom stereocenters. The number of fused-ring (bicyclic) bond motifs is 1. The molecule has 0 aliphatic rings. The molecular formula is C10H13N5O2. The van der Waals surface area contributed by atoms with Gasteiger partial charge in [0, 0.05) is 6.20 Å². The first kappa shape index (κ1) is 11.3. The number of pyridine rings is 1. The van der Waals surface area contributed by atoms with Gasteiger partial charge in [-0.1, -0.05) is 0 Å². The van der Waals surface area contributed by atoms with Crippen LogP contribution in [-0.4, -0.2) is 31.8 Å². The Labute approximate surface area is 97.7 Å². The Morgan fingerprint density at radius 2 is 2.24 bits per heavy atom. The molecule has 0 aromatic carbocycles. The zero-order chi connectivity index (χ0) is 12.5. The number of hydrogen-bond donors (Lipinski definition) is 1. The molecule has 2 rings (SSSR count). The molecule has 0 spiro atoms. The lowest BCUT2D eigenvalue weighted by Crippen LogP contribution is -2.32. The van der Waals surface area contributed by atoms with E-state index >= 15 is 0 Å². The van der Waals surface area contributed by atoms with Gasteiger partial charge in [0.15, 0.2) is 0 Å². The lowest BCUT2D eigenvalue weighted by atomic mass is 10.2. The van der Waals surface area contributed by atoms with Crippen LogP contribution in [0.25, 0.3) is 11.2 Å². The van der Waals surface area contributed by atoms with E-state index in [-0.39, 0.29) is 0 Å². The van der Waals surface area contributed by atoms with Crippen LogP contribution >= 0.6 is 0 Å². The predicted octanol–water partition coefficient (Wildman–Crippen LogP) is 1.30. The maximum absolute atomic E-state index is 11.5. The van der Waals surface area contributed by atoms with Crippen molar-refractivity contribution in [2.45, 2.75) is 26.4 Å². The number of aromatic nitrogens is 4. The van der Waals surface area contributed by atoms with E-state index < -0.39 is 11.7 Å². The minimum atomic E-state index is -0.602. The van der Waals surface area contributed by atoms with Crippen molar-refractivity contribution in [1.29, 1.82) is 0 Å². The molecule has 0 fully saturated rings. The number of nitrogens with one attached hydrogen (secondary N) is 1. The Morgan fingerprint density at radius 3 is 2.94 bits per heavy atom. The fraction of sp³-hybridized carbons (Fsp3) is 0.400. The molecule has 0 bridgehead atoms. The van der Waals surface area contributed by atoms with Gasteiger partial charge >= 0.3 is 6.09 Å². The van der Waals surface area contributed by atoms with E-state index in [9.17, 15) is 4.79 Å². The number of nitrogens with zero attached hydrogens (tertiary/aromatic N) is 4. The number of carbonyl (C=O) groups is 1. The third-order valence-corrected chi connectivity index (χ3v) is 1.80. The predicted molar refractivity (Wildman–Crippen MR) is 60.9 cm³/mol. The third kappa shape index (κ3) is 2.68. The second kappa shape index (κ2) is 4.00. The van der Waals surface area contributed by atoms with Gasteiger partial charge in [0.25, 0.3) is 0 Å². The van der Waals surface area contributed by atoms with Crippen LogP contribution in [0.15, 0.2) is 18.3 Å². The summed E-state index contributed by atoms with van der Waals surface area (Å²) in [5.74, 6) is 0. The molecule has 7 heteroatoms. The molecule has 0 unspecified atom stereocenters. The van der Waals surface area contributed by atoms with E-state index in [0.717, 1.165) is 0 Å². The van der Waals surface area contributed by atoms with E-state index in [1.165, 1.54) is 4.79 Å². The molecule has 0 aliphatic heterocycles. The lowest BCUT2D eigenvalue weighted by molar-refractivity contribution is 0.0610. The van der Waals surface area contributed by atoms with E-state index in [4.69, 9.17) is 4.74 Å². The monoisotopic (exact) mass is 235 g/mol. The van der Waals surface area contributed by atoms with E-state index in [2.05, 4.69) is 20.7 Å². The Morgan fingerprint density at radius 1 is 1.47 bits per heavy atom. The molecule has 17 heavy (non-hydrogen) atoms. The van der Waals surface area contributed by atoms with E-state index in [1.54, 1.807) is 39.1 Å². The molecule has 7 nitrogen and oxygen atoms in total. The molecule has 0 saturated carbocycles. The number of hydrogen-bond acceptors (Lipinski definition) is 5. The maximum atomic E-state index is 11.5. The quantitative estimate of drug-likeness (QED) is 0.805. The Balaban J connectivity index is 2.16. The summed E-state index contributed by atoms with van der Waals surface area (Å²) in [7, 11) is 0. The molecule has 2 aromatic rings. The fourth-order valence-electron chi connectivity index (χ4n) is 1.23. The van der Waals surface area contributed by atoms with Crippen LogP contribution in [0.4, 0.5) is 4.79 Å². The zero-order valence-corrected chi connectivity index (χ0v) is 9.84. The van der Waals surface area contributed by atoms with Crippen molar-refractivity contribution in [3.8, 4) is 0 Å². The standard InChI is InChI=1S/C10H13N5O2/c1-10(2,3)17-9(16)13-15-8-7(12-14-15)5-4-6-11-8/h4-6H,1-3H3,(H,13,16). The molecule has 1 amide bonds. The van der Waals surface area contributed by atoms with Crippen molar-refractivity contribution in [2.75, 3.05) is 5.43 Å². The lowest BCUT2D eigenvalue weighted by Gasteiger charge is -2.19. The number of amides is 1. The molecule has 2 heterocycles. The minimum absolute atomic E-state index is 0.471. The molecule has 0 aliphatic carbocycles. The van der Waals surface area contributed by atoms with Gasteiger partial charge in [-0.3, -0.25) is 0 Å². The van der Waals surface area contributed by atoms with Crippen LogP contribution in [0.1, 0.15) is 20.8 Å². The number of ether oxygens (including phenoxy) is 1. The van der Waals surface area contributed by atoms with Crippen molar-refractivity contribution >= 4 is 17.3 Å². The second-order valence-electron chi connectivity index (χ2n) is 4.46. The van der Waals surface area contributed by atoms with E-state index in [1.807, 2.05) is 0 Å². The smallest absolute Gasteiger partial charge is 0.428 e. The highest BCUT2D eigenvalue weighted by Crippen LogP contribution is 2.08. The van der Waals surface area contributed by atoms with Crippen molar-refractivity contribution in [1.82, 2.24) is 20.1 Å². The highest BCUT2D eigenvalue weighted by Gasteiger charge is 2.17. The van der Waals surface area contributed by atoms with Crippen molar-refractivity contribution < 1.29 is 9.53 Å². The number of rotatable bonds is 1. The Kier molecular flexibility index (Phi) is 2.66. The fourth-order valence-corrected chi connectivity index (χ4v) is 1.23. The van der Waals surface area contributed by atoms with Gasteiger partial charge in [-0.15, -0.1) is 9.89 Å². The SMILES string of the molecule is CC(C)(C)OC(=O)Nn1nnc2cccnc21. The van der Waals surface area contributed by atoms with Crippen LogP contribution in [0.3, 0.4) is 0 Å². The normalized spacial score (nSPS) is 11.5. The first-order valence-corrected chi connectivity index (χ1v) is 5.12. The molecule has 0 radical (unpaired) electrons. The van der Waals surface area contributed by atoms with Gasteiger partial charge in [-0.25, -0.2) is 15.2 Å². The highest BCUT2D eigenvalue weighted by molar-refractivity contribution is 5.79. The first-order valence-electron chi connectivity index (χ1n) is 5.12.